The van der Waals surface area contributed by atoms with Crippen molar-refractivity contribution in [3.05, 3.63) is 0 Å². The van der Waals surface area contributed by atoms with Crippen LogP contribution < -0.4 is 0 Å². The fourth-order valence-electron chi connectivity index (χ4n) is 1.52. The number of hydrogen-bond donors (Lipinski definition) is 0. The molecule has 0 saturated carbocycles. The van der Waals surface area contributed by atoms with E-state index in [4.69, 9.17) is 4.74 Å². The molecule has 0 heterocycles. The van der Waals surface area contributed by atoms with Gasteiger partial charge in [0.15, 0.2) is 0 Å². The summed E-state index contributed by atoms with van der Waals surface area (Å²) < 4.78 is 5.12. The van der Waals surface area contributed by atoms with Crippen molar-refractivity contribution in [2.24, 2.45) is 0 Å². The van der Waals surface area contributed by atoms with Gasteiger partial charge in [-0.05, 0) is 25.9 Å². The minimum Gasteiger partial charge on any atom is -0.383 e. The van der Waals surface area contributed by atoms with Gasteiger partial charge >= 0.3 is 0 Å². The molecule has 2 nitrogen and oxygen atoms in total. The van der Waals surface area contributed by atoms with Crippen molar-refractivity contribution in [2.45, 2.75) is 46.0 Å². The van der Waals surface area contributed by atoms with Gasteiger partial charge in [-0.3, -0.25) is 0 Å². The summed E-state index contributed by atoms with van der Waals surface area (Å²) in [6.45, 7) is 8.96. The van der Waals surface area contributed by atoms with Gasteiger partial charge in [0.1, 0.15) is 0 Å². The first-order valence-electron chi connectivity index (χ1n) is 6.06. The summed E-state index contributed by atoms with van der Waals surface area (Å²) in [6.07, 6.45) is 6.61. The highest BCUT2D eigenvalue weighted by Gasteiger charge is 2.02. The van der Waals surface area contributed by atoms with Crippen LogP contribution in [-0.4, -0.2) is 38.3 Å². The van der Waals surface area contributed by atoms with Crippen LogP contribution in [0.15, 0.2) is 0 Å². The van der Waals surface area contributed by atoms with Crippen LogP contribution in [-0.2, 0) is 4.74 Å². The molecule has 0 amide bonds. The average Bonchev–Trinajstić information content (AvgIpc) is 2.21. The molecule has 0 aromatic carbocycles. The largest absolute Gasteiger partial charge is 0.383 e. The van der Waals surface area contributed by atoms with Gasteiger partial charge in [-0.25, -0.2) is 0 Å². The summed E-state index contributed by atoms with van der Waals surface area (Å²) in [5.74, 6) is 0. The smallest absolute Gasteiger partial charge is 0.0589 e. The molecule has 0 aromatic rings. The van der Waals surface area contributed by atoms with Crippen molar-refractivity contribution in [2.75, 3.05) is 33.4 Å². The molecule has 0 aliphatic carbocycles. The van der Waals surface area contributed by atoms with E-state index in [2.05, 4.69) is 18.7 Å². The second kappa shape index (κ2) is 11.0. The first-order chi connectivity index (χ1) is 6.85. The maximum atomic E-state index is 5.12. The van der Waals surface area contributed by atoms with E-state index in [1.165, 1.54) is 45.2 Å². The third-order valence-electron chi connectivity index (χ3n) is 2.52. The molecule has 0 atom stereocenters. The van der Waals surface area contributed by atoms with Gasteiger partial charge in [-0.2, -0.15) is 0 Å². The average molecular weight is 201 g/mol. The second-order valence-corrected chi connectivity index (χ2v) is 3.90. The van der Waals surface area contributed by atoms with E-state index in [1.54, 1.807) is 7.11 Å². The molecule has 0 fully saturated rings. The van der Waals surface area contributed by atoms with Crippen molar-refractivity contribution < 1.29 is 4.74 Å². The minimum atomic E-state index is 0.871. The number of methoxy groups -OCH3 is 1. The summed E-state index contributed by atoms with van der Waals surface area (Å²) in [6, 6.07) is 0. The highest BCUT2D eigenvalue weighted by molar-refractivity contribution is 4.57. The first-order valence-corrected chi connectivity index (χ1v) is 6.06. The van der Waals surface area contributed by atoms with Crippen LogP contribution in [0.3, 0.4) is 0 Å². The van der Waals surface area contributed by atoms with Gasteiger partial charge in [0.05, 0.1) is 6.61 Å². The van der Waals surface area contributed by atoms with Gasteiger partial charge < -0.3 is 9.64 Å². The predicted molar refractivity (Wildman–Crippen MR) is 62.7 cm³/mol. The Labute approximate surface area is 89.6 Å². The normalized spacial score (nSPS) is 11.1. The summed E-state index contributed by atoms with van der Waals surface area (Å²) in [7, 11) is 1.78. The summed E-state index contributed by atoms with van der Waals surface area (Å²) >= 11 is 0. The number of hydrogen-bond acceptors (Lipinski definition) is 2. The number of nitrogens with zero attached hydrogens (tertiary/aromatic N) is 1. The van der Waals surface area contributed by atoms with Crippen molar-refractivity contribution in [3.63, 3.8) is 0 Å². The number of unbranched alkanes of at least 4 members (excludes halogenated alkanes) is 3. The topological polar surface area (TPSA) is 12.5 Å². The molecule has 0 aliphatic heterocycles. The fourth-order valence-corrected chi connectivity index (χ4v) is 1.52. The van der Waals surface area contributed by atoms with E-state index in [0.29, 0.717) is 0 Å². The zero-order chi connectivity index (χ0) is 10.6. The van der Waals surface area contributed by atoms with Crippen LogP contribution in [0.5, 0.6) is 0 Å². The molecule has 0 radical (unpaired) electrons. The third-order valence-corrected chi connectivity index (χ3v) is 2.52. The van der Waals surface area contributed by atoms with E-state index in [9.17, 15) is 0 Å². The van der Waals surface area contributed by atoms with Crippen molar-refractivity contribution in [1.82, 2.24) is 4.90 Å². The molecule has 0 N–H and O–H groups in total. The molecule has 0 aromatic heterocycles. The lowest BCUT2D eigenvalue weighted by molar-refractivity contribution is 0.145. The number of ether oxygens (including phenoxy) is 1. The quantitative estimate of drug-likeness (QED) is 0.504. The third kappa shape index (κ3) is 8.52. The molecule has 2 heteroatoms. The molecule has 0 unspecified atom stereocenters. The van der Waals surface area contributed by atoms with E-state index in [0.717, 1.165) is 13.2 Å². The highest BCUT2D eigenvalue weighted by atomic mass is 16.5. The van der Waals surface area contributed by atoms with E-state index in [-0.39, 0.29) is 0 Å². The molecule has 0 aliphatic rings. The van der Waals surface area contributed by atoms with Crippen molar-refractivity contribution in [1.29, 1.82) is 0 Å². The molecule has 0 saturated heterocycles. The summed E-state index contributed by atoms with van der Waals surface area (Å²) in [5.41, 5.74) is 0. The SMILES string of the molecule is CCCCCN(CCCC)CCOC. The predicted octanol–water partition coefficient (Wildman–Crippen LogP) is 2.93. The Balaban J connectivity index is 3.49. The van der Waals surface area contributed by atoms with Gasteiger partial charge in [-0.15, -0.1) is 0 Å². The number of rotatable bonds is 10. The van der Waals surface area contributed by atoms with Crippen LogP contribution in [0.4, 0.5) is 0 Å². The van der Waals surface area contributed by atoms with Crippen molar-refractivity contribution in [3.8, 4) is 0 Å². The van der Waals surface area contributed by atoms with E-state index >= 15 is 0 Å². The van der Waals surface area contributed by atoms with E-state index in [1.807, 2.05) is 0 Å². The maximum absolute atomic E-state index is 5.12. The molecule has 86 valence electrons. The van der Waals surface area contributed by atoms with Crippen LogP contribution in [0.1, 0.15) is 46.0 Å². The molecule has 0 spiro atoms. The monoisotopic (exact) mass is 201 g/mol. The highest BCUT2D eigenvalue weighted by Crippen LogP contribution is 2.00. The lowest BCUT2D eigenvalue weighted by Gasteiger charge is -2.21. The van der Waals surface area contributed by atoms with E-state index < -0.39 is 0 Å². The minimum absolute atomic E-state index is 0.871. The summed E-state index contributed by atoms with van der Waals surface area (Å²) in [4.78, 5) is 2.53. The first kappa shape index (κ1) is 13.9. The molecular formula is C12H27NO. The van der Waals surface area contributed by atoms with Gasteiger partial charge in [0, 0.05) is 13.7 Å². The Kier molecular flexibility index (Phi) is 10.9. The Hall–Kier alpha value is -0.0800. The zero-order valence-electron chi connectivity index (χ0n) is 10.2. The van der Waals surface area contributed by atoms with Gasteiger partial charge in [-0.1, -0.05) is 33.1 Å². The van der Waals surface area contributed by atoms with Crippen molar-refractivity contribution >= 4 is 0 Å². The summed E-state index contributed by atoms with van der Waals surface area (Å²) in [5, 5.41) is 0. The Bertz CT molecular complexity index is 98.5. The fraction of sp³-hybridized carbons (Fsp3) is 1.00. The standard InChI is InChI=1S/C12H27NO/c1-4-6-8-10-13(9-7-5-2)11-12-14-3/h4-12H2,1-3H3. The Morgan fingerprint density at radius 2 is 1.50 bits per heavy atom. The van der Waals surface area contributed by atoms with Gasteiger partial charge in [0.25, 0.3) is 0 Å². The Morgan fingerprint density at radius 3 is 2.07 bits per heavy atom. The molecular weight excluding hydrogens is 174 g/mol. The zero-order valence-corrected chi connectivity index (χ0v) is 10.2. The maximum Gasteiger partial charge on any atom is 0.0589 e. The van der Waals surface area contributed by atoms with Crippen LogP contribution >= 0.6 is 0 Å². The molecule has 0 bridgehead atoms. The lowest BCUT2D eigenvalue weighted by atomic mass is 10.2. The lowest BCUT2D eigenvalue weighted by Crippen LogP contribution is -2.29. The molecule has 14 heavy (non-hydrogen) atoms. The second-order valence-electron chi connectivity index (χ2n) is 3.90. The van der Waals surface area contributed by atoms with Gasteiger partial charge in [0.2, 0.25) is 0 Å². The van der Waals surface area contributed by atoms with Crippen LogP contribution in [0, 0.1) is 0 Å². The molecule has 0 rings (SSSR count). The Morgan fingerprint density at radius 1 is 0.857 bits per heavy atom. The van der Waals surface area contributed by atoms with Crippen LogP contribution in [0.2, 0.25) is 0 Å². The van der Waals surface area contributed by atoms with Crippen LogP contribution in [0.25, 0.3) is 0 Å².